The van der Waals surface area contributed by atoms with Crippen molar-refractivity contribution >= 4 is 15.9 Å². The first-order valence-electron chi connectivity index (χ1n) is 7.47. The quantitative estimate of drug-likeness (QED) is 0.819. The molecule has 0 aromatic heterocycles. The second-order valence-corrected chi connectivity index (χ2v) is 7.88. The van der Waals surface area contributed by atoms with Gasteiger partial charge < -0.3 is 10.6 Å². The minimum atomic E-state index is -3.35. The monoisotopic (exact) mass is 343 g/mol. The van der Waals surface area contributed by atoms with Gasteiger partial charge in [-0.1, -0.05) is 12.1 Å². The molecule has 0 spiro atoms. The van der Waals surface area contributed by atoms with Gasteiger partial charge in [0.05, 0.1) is 12.2 Å². The molecule has 1 fully saturated rings. The molecule has 1 saturated heterocycles. The van der Waals surface area contributed by atoms with Crippen LogP contribution in [-0.4, -0.2) is 62.5 Å². The van der Waals surface area contributed by atoms with Gasteiger partial charge in [-0.15, -0.1) is 0 Å². The van der Waals surface area contributed by atoms with Crippen molar-refractivity contribution in [2.24, 2.45) is 11.7 Å². The number of primary amides is 1. The number of sulfonamides is 1. The minimum absolute atomic E-state index is 0.126. The molecule has 1 heterocycles. The highest BCUT2D eigenvalue weighted by Gasteiger charge is 2.30. The van der Waals surface area contributed by atoms with E-state index in [1.165, 1.54) is 16.4 Å². The number of rotatable bonds is 5. The molecule has 0 radical (unpaired) electrons. The van der Waals surface area contributed by atoms with Crippen LogP contribution in [0.5, 0.6) is 0 Å². The third-order valence-electron chi connectivity index (χ3n) is 4.07. The van der Waals surface area contributed by atoms with E-state index < -0.39 is 21.8 Å². The third-order valence-corrected chi connectivity index (χ3v) is 5.34. The second kappa shape index (κ2) is 7.37. The zero-order valence-corrected chi connectivity index (χ0v) is 13.9. The first-order valence-corrected chi connectivity index (χ1v) is 9.32. The van der Waals surface area contributed by atoms with Crippen molar-refractivity contribution in [1.29, 1.82) is 0 Å². The van der Waals surface area contributed by atoms with Crippen molar-refractivity contribution in [2.75, 3.05) is 39.0 Å². The smallest absolute Gasteiger partial charge is 0.223 e. The number of carbonyl (C=O) groups is 1. The van der Waals surface area contributed by atoms with Gasteiger partial charge in [0, 0.05) is 32.7 Å². The van der Waals surface area contributed by atoms with Crippen LogP contribution in [0.15, 0.2) is 24.3 Å². The van der Waals surface area contributed by atoms with E-state index in [1.54, 1.807) is 12.1 Å². The standard InChI is InChI=1S/C15H22FN3O3S/c1-23(21,22)19-9-8-18(10-13(11-19)15(17)20)7-6-12-2-4-14(16)5-3-12/h2-5,13H,6-11H2,1H3,(H2,17,20)/t13-/m0/s1. The largest absolute Gasteiger partial charge is 0.369 e. The molecule has 128 valence electrons. The molecule has 8 heteroatoms. The molecule has 0 saturated carbocycles. The fourth-order valence-corrected chi connectivity index (χ4v) is 3.54. The summed E-state index contributed by atoms with van der Waals surface area (Å²) in [7, 11) is -3.35. The Labute approximate surface area is 136 Å². The Morgan fingerprint density at radius 1 is 1.26 bits per heavy atom. The van der Waals surface area contributed by atoms with Crippen molar-refractivity contribution in [3.8, 4) is 0 Å². The van der Waals surface area contributed by atoms with E-state index in [4.69, 9.17) is 5.73 Å². The van der Waals surface area contributed by atoms with E-state index in [9.17, 15) is 17.6 Å². The van der Waals surface area contributed by atoms with E-state index in [-0.39, 0.29) is 12.4 Å². The molecule has 2 N–H and O–H groups in total. The van der Waals surface area contributed by atoms with Gasteiger partial charge >= 0.3 is 0 Å². The Morgan fingerprint density at radius 3 is 2.48 bits per heavy atom. The lowest BCUT2D eigenvalue weighted by molar-refractivity contribution is -0.122. The molecule has 23 heavy (non-hydrogen) atoms. The number of amides is 1. The Kier molecular flexibility index (Phi) is 5.72. The van der Waals surface area contributed by atoms with Crippen molar-refractivity contribution in [3.05, 3.63) is 35.6 Å². The summed E-state index contributed by atoms with van der Waals surface area (Å²) in [6, 6.07) is 6.27. The number of nitrogens with two attached hydrogens (primary N) is 1. The summed E-state index contributed by atoms with van der Waals surface area (Å²) < 4.78 is 37.7. The lowest BCUT2D eigenvalue weighted by Crippen LogP contribution is -2.40. The molecule has 1 atom stereocenters. The first-order chi connectivity index (χ1) is 10.8. The SMILES string of the molecule is CS(=O)(=O)N1CCN(CCc2ccc(F)cc2)C[C@H](C(N)=O)C1. The Bertz CT molecular complexity index is 648. The van der Waals surface area contributed by atoms with E-state index in [0.29, 0.717) is 32.6 Å². The van der Waals surface area contributed by atoms with Crippen LogP contribution in [0.4, 0.5) is 4.39 Å². The normalized spacial score (nSPS) is 21.0. The van der Waals surface area contributed by atoms with E-state index in [2.05, 4.69) is 0 Å². The average Bonchev–Trinajstić information content (AvgIpc) is 2.69. The van der Waals surface area contributed by atoms with E-state index in [1.807, 2.05) is 4.90 Å². The Hall–Kier alpha value is -1.51. The van der Waals surface area contributed by atoms with Crippen LogP contribution in [0.2, 0.25) is 0 Å². The van der Waals surface area contributed by atoms with Gasteiger partial charge in [-0.05, 0) is 24.1 Å². The molecule has 2 rings (SSSR count). The van der Waals surface area contributed by atoms with Crippen LogP contribution < -0.4 is 5.73 Å². The van der Waals surface area contributed by atoms with Gasteiger partial charge in [0.25, 0.3) is 0 Å². The van der Waals surface area contributed by atoms with Crippen molar-refractivity contribution in [2.45, 2.75) is 6.42 Å². The second-order valence-electron chi connectivity index (χ2n) is 5.90. The lowest BCUT2D eigenvalue weighted by Gasteiger charge is -2.22. The number of carbonyl (C=O) groups excluding carboxylic acids is 1. The van der Waals surface area contributed by atoms with Gasteiger partial charge in [0.15, 0.2) is 0 Å². The summed E-state index contributed by atoms with van der Waals surface area (Å²) in [5.41, 5.74) is 6.39. The van der Waals surface area contributed by atoms with Crippen LogP contribution in [0.25, 0.3) is 0 Å². The maximum atomic E-state index is 12.9. The highest BCUT2D eigenvalue weighted by Crippen LogP contribution is 2.13. The zero-order chi connectivity index (χ0) is 17.0. The van der Waals surface area contributed by atoms with Gasteiger partial charge in [-0.3, -0.25) is 4.79 Å². The highest BCUT2D eigenvalue weighted by molar-refractivity contribution is 7.88. The van der Waals surface area contributed by atoms with Gasteiger partial charge in [0.1, 0.15) is 5.82 Å². The molecule has 0 aliphatic carbocycles. The van der Waals surface area contributed by atoms with Gasteiger partial charge in [-0.2, -0.15) is 0 Å². The number of nitrogens with zero attached hydrogens (tertiary/aromatic N) is 2. The minimum Gasteiger partial charge on any atom is -0.369 e. The van der Waals surface area contributed by atoms with Crippen molar-refractivity contribution < 1.29 is 17.6 Å². The van der Waals surface area contributed by atoms with Crippen LogP contribution in [-0.2, 0) is 21.2 Å². The fraction of sp³-hybridized carbons (Fsp3) is 0.533. The van der Waals surface area contributed by atoms with Crippen LogP contribution in [0.1, 0.15) is 5.56 Å². The third kappa shape index (κ3) is 5.26. The number of halogens is 1. The summed E-state index contributed by atoms with van der Waals surface area (Å²) >= 11 is 0. The van der Waals surface area contributed by atoms with Crippen LogP contribution in [0.3, 0.4) is 0 Å². The Morgan fingerprint density at radius 2 is 1.91 bits per heavy atom. The maximum absolute atomic E-state index is 12.9. The molecule has 1 aliphatic rings. The number of hydrogen-bond donors (Lipinski definition) is 1. The number of benzene rings is 1. The summed E-state index contributed by atoms with van der Waals surface area (Å²) in [4.78, 5) is 13.6. The van der Waals surface area contributed by atoms with Crippen molar-refractivity contribution in [3.63, 3.8) is 0 Å². The van der Waals surface area contributed by atoms with Gasteiger partial charge in [0.2, 0.25) is 15.9 Å². The van der Waals surface area contributed by atoms with E-state index >= 15 is 0 Å². The highest BCUT2D eigenvalue weighted by atomic mass is 32.2. The van der Waals surface area contributed by atoms with Crippen LogP contribution in [0, 0.1) is 11.7 Å². The Balaban J connectivity index is 2.01. The average molecular weight is 343 g/mol. The molecule has 0 bridgehead atoms. The molecule has 1 amide bonds. The maximum Gasteiger partial charge on any atom is 0.223 e. The molecule has 0 unspecified atom stereocenters. The summed E-state index contributed by atoms with van der Waals surface area (Å²) in [6.07, 6.45) is 1.84. The number of hydrogen-bond acceptors (Lipinski definition) is 4. The predicted molar refractivity (Wildman–Crippen MR) is 85.6 cm³/mol. The summed E-state index contributed by atoms with van der Waals surface area (Å²) in [5, 5.41) is 0. The molecular weight excluding hydrogens is 321 g/mol. The van der Waals surface area contributed by atoms with E-state index in [0.717, 1.165) is 11.8 Å². The molecule has 1 aromatic rings. The van der Waals surface area contributed by atoms with Crippen LogP contribution >= 0.6 is 0 Å². The predicted octanol–water partition coefficient (Wildman–Crippen LogP) is 0.0469. The lowest BCUT2D eigenvalue weighted by atomic mass is 10.1. The fourth-order valence-electron chi connectivity index (χ4n) is 2.67. The molecule has 6 nitrogen and oxygen atoms in total. The van der Waals surface area contributed by atoms with Crippen molar-refractivity contribution in [1.82, 2.24) is 9.21 Å². The zero-order valence-electron chi connectivity index (χ0n) is 13.1. The summed E-state index contributed by atoms with van der Waals surface area (Å²) in [6.45, 7) is 2.10. The van der Waals surface area contributed by atoms with Gasteiger partial charge in [-0.25, -0.2) is 17.1 Å². The molecule has 1 aliphatic heterocycles. The topological polar surface area (TPSA) is 83.7 Å². The molecular formula is C15H22FN3O3S. The summed E-state index contributed by atoms with van der Waals surface area (Å²) in [5.74, 6) is -1.30. The molecule has 1 aromatic carbocycles. The first kappa shape index (κ1) is 17.8.